The molecule has 0 saturated carbocycles. The van der Waals surface area contributed by atoms with Gasteiger partial charge >= 0.3 is 6.01 Å². The fourth-order valence-corrected chi connectivity index (χ4v) is 1.26. The molecule has 6 heteroatoms. The number of ether oxygens (including phenoxy) is 2. The number of halogens is 2. The van der Waals surface area contributed by atoms with Crippen LogP contribution in [0.15, 0.2) is 6.20 Å². The third-order valence-electron chi connectivity index (χ3n) is 1.55. The van der Waals surface area contributed by atoms with Crippen molar-refractivity contribution in [3.63, 3.8) is 0 Å². The molecule has 0 N–H and O–H groups in total. The van der Waals surface area contributed by atoms with Crippen LogP contribution >= 0.6 is 23.2 Å². The Bertz CT molecular complexity index is 321. The Morgan fingerprint density at radius 1 is 1.27 bits per heavy atom. The highest BCUT2D eigenvalue weighted by Gasteiger charge is 2.14. The summed E-state index contributed by atoms with van der Waals surface area (Å²) in [6.07, 6.45) is 1.51. The SMILES string of the molecule is CCOc1ncc(C(Cl)Cl)c(OCC)n1. The lowest BCUT2D eigenvalue weighted by Gasteiger charge is -2.10. The zero-order chi connectivity index (χ0) is 11.3. The highest BCUT2D eigenvalue weighted by molar-refractivity contribution is 6.44. The molecule has 1 rings (SSSR count). The lowest BCUT2D eigenvalue weighted by atomic mass is 10.4. The van der Waals surface area contributed by atoms with E-state index >= 15 is 0 Å². The molecule has 0 unspecified atom stereocenters. The molecule has 0 bridgehead atoms. The van der Waals surface area contributed by atoms with E-state index < -0.39 is 4.84 Å². The molecule has 0 fully saturated rings. The fourth-order valence-electron chi connectivity index (χ4n) is 0.961. The minimum Gasteiger partial charge on any atom is -0.478 e. The first kappa shape index (κ1) is 12.3. The largest absolute Gasteiger partial charge is 0.478 e. The van der Waals surface area contributed by atoms with Gasteiger partial charge in [-0.1, -0.05) is 23.2 Å². The van der Waals surface area contributed by atoms with Crippen molar-refractivity contribution in [2.75, 3.05) is 13.2 Å². The van der Waals surface area contributed by atoms with Gasteiger partial charge in [-0.3, -0.25) is 0 Å². The second kappa shape index (κ2) is 5.98. The fraction of sp³-hybridized carbons (Fsp3) is 0.556. The summed E-state index contributed by atoms with van der Waals surface area (Å²) in [4.78, 5) is 7.29. The number of nitrogens with zero attached hydrogens (tertiary/aromatic N) is 2. The van der Waals surface area contributed by atoms with Crippen LogP contribution in [0, 0.1) is 0 Å². The normalized spacial score (nSPS) is 10.5. The monoisotopic (exact) mass is 250 g/mol. The van der Waals surface area contributed by atoms with E-state index in [1.807, 2.05) is 13.8 Å². The van der Waals surface area contributed by atoms with E-state index in [0.717, 1.165) is 0 Å². The maximum Gasteiger partial charge on any atom is 0.319 e. The maximum absolute atomic E-state index is 5.74. The summed E-state index contributed by atoms with van der Waals surface area (Å²) >= 11 is 11.5. The van der Waals surface area contributed by atoms with Crippen LogP contribution in [0.2, 0.25) is 0 Å². The molecular formula is C9H12Cl2N2O2. The Hall–Kier alpha value is -0.740. The van der Waals surface area contributed by atoms with Crippen LogP contribution in [0.5, 0.6) is 11.9 Å². The van der Waals surface area contributed by atoms with Gasteiger partial charge < -0.3 is 9.47 Å². The van der Waals surface area contributed by atoms with Crippen molar-refractivity contribution in [3.05, 3.63) is 11.8 Å². The van der Waals surface area contributed by atoms with Crippen LogP contribution in [0.3, 0.4) is 0 Å². The molecule has 0 spiro atoms. The number of aromatic nitrogens is 2. The molecule has 0 radical (unpaired) electrons. The zero-order valence-corrected chi connectivity index (χ0v) is 10.0. The van der Waals surface area contributed by atoms with Gasteiger partial charge in [-0.2, -0.15) is 4.98 Å². The first-order chi connectivity index (χ1) is 7.19. The van der Waals surface area contributed by atoms with Crippen molar-refractivity contribution in [3.8, 4) is 11.9 Å². The number of hydrogen-bond acceptors (Lipinski definition) is 4. The second-order valence-corrected chi connectivity index (χ2v) is 3.68. The van der Waals surface area contributed by atoms with Gasteiger partial charge in [-0.05, 0) is 13.8 Å². The summed E-state index contributed by atoms with van der Waals surface area (Å²) < 4.78 is 10.4. The van der Waals surface area contributed by atoms with Crippen molar-refractivity contribution in [1.29, 1.82) is 0 Å². The van der Waals surface area contributed by atoms with Gasteiger partial charge in [-0.15, -0.1) is 0 Å². The van der Waals surface area contributed by atoms with Gasteiger partial charge in [0.2, 0.25) is 5.88 Å². The van der Waals surface area contributed by atoms with E-state index in [2.05, 4.69) is 9.97 Å². The summed E-state index contributed by atoms with van der Waals surface area (Å²) in [5, 5.41) is 0. The molecule has 0 aliphatic carbocycles. The van der Waals surface area contributed by atoms with E-state index in [9.17, 15) is 0 Å². The Balaban J connectivity index is 2.97. The van der Waals surface area contributed by atoms with Crippen molar-refractivity contribution in [2.24, 2.45) is 0 Å². The lowest BCUT2D eigenvalue weighted by molar-refractivity contribution is 0.287. The van der Waals surface area contributed by atoms with E-state index in [1.165, 1.54) is 6.20 Å². The summed E-state index contributed by atoms with van der Waals surface area (Å²) in [5.74, 6) is 0.367. The summed E-state index contributed by atoms with van der Waals surface area (Å²) in [6.45, 7) is 4.68. The third kappa shape index (κ3) is 3.39. The molecule has 0 saturated heterocycles. The van der Waals surface area contributed by atoms with Crippen molar-refractivity contribution >= 4 is 23.2 Å². The van der Waals surface area contributed by atoms with Crippen molar-refractivity contribution in [1.82, 2.24) is 9.97 Å². The molecule has 0 atom stereocenters. The van der Waals surface area contributed by atoms with Crippen molar-refractivity contribution < 1.29 is 9.47 Å². The third-order valence-corrected chi connectivity index (χ3v) is 2.02. The predicted molar refractivity (Wildman–Crippen MR) is 58.8 cm³/mol. The smallest absolute Gasteiger partial charge is 0.319 e. The van der Waals surface area contributed by atoms with E-state index in [0.29, 0.717) is 24.7 Å². The first-order valence-electron chi connectivity index (χ1n) is 4.59. The maximum atomic E-state index is 5.74. The van der Waals surface area contributed by atoms with Crippen LogP contribution in [0.4, 0.5) is 0 Å². The van der Waals surface area contributed by atoms with Crippen LogP contribution in [-0.4, -0.2) is 23.2 Å². The molecule has 1 aromatic rings. The minimum atomic E-state index is -0.706. The standard InChI is InChI=1S/C9H12Cl2N2O2/c1-3-14-8-6(7(10)11)5-12-9(13-8)15-4-2/h5,7H,3-4H2,1-2H3. The topological polar surface area (TPSA) is 44.2 Å². The van der Waals surface area contributed by atoms with Crippen LogP contribution in [-0.2, 0) is 0 Å². The molecule has 4 nitrogen and oxygen atoms in total. The first-order valence-corrected chi connectivity index (χ1v) is 5.47. The lowest BCUT2D eigenvalue weighted by Crippen LogP contribution is -2.04. The van der Waals surface area contributed by atoms with Gasteiger partial charge in [0.25, 0.3) is 0 Å². The molecule has 1 heterocycles. The minimum absolute atomic E-state index is 0.263. The van der Waals surface area contributed by atoms with Gasteiger partial charge in [-0.25, -0.2) is 4.98 Å². The van der Waals surface area contributed by atoms with Crippen LogP contribution in [0.25, 0.3) is 0 Å². The molecule has 0 aliphatic rings. The molecule has 0 aliphatic heterocycles. The van der Waals surface area contributed by atoms with Crippen molar-refractivity contribution in [2.45, 2.75) is 18.7 Å². The highest BCUT2D eigenvalue weighted by atomic mass is 35.5. The summed E-state index contributed by atoms with van der Waals surface area (Å²) in [7, 11) is 0. The highest BCUT2D eigenvalue weighted by Crippen LogP contribution is 2.31. The van der Waals surface area contributed by atoms with Crippen LogP contribution in [0.1, 0.15) is 24.2 Å². The van der Waals surface area contributed by atoms with Gasteiger partial charge in [0.05, 0.1) is 18.8 Å². The molecule has 0 amide bonds. The average Bonchev–Trinajstić information content (AvgIpc) is 2.18. The molecule has 84 valence electrons. The molecule has 0 aromatic carbocycles. The Labute approximate surface area is 98.5 Å². The number of hydrogen-bond donors (Lipinski definition) is 0. The van der Waals surface area contributed by atoms with Crippen LogP contribution < -0.4 is 9.47 Å². The predicted octanol–water partition coefficient (Wildman–Crippen LogP) is 2.75. The van der Waals surface area contributed by atoms with E-state index in [1.54, 1.807) is 0 Å². The second-order valence-electron chi connectivity index (χ2n) is 2.58. The summed E-state index contributed by atoms with van der Waals surface area (Å²) in [6, 6.07) is 0.263. The van der Waals surface area contributed by atoms with Gasteiger partial charge in [0.15, 0.2) is 0 Å². The number of rotatable bonds is 5. The van der Waals surface area contributed by atoms with E-state index in [-0.39, 0.29) is 6.01 Å². The zero-order valence-electron chi connectivity index (χ0n) is 8.54. The molecular weight excluding hydrogens is 239 g/mol. The Morgan fingerprint density at radius 3 is 2.47 bits per heavy atom. The van der Waals surface area contributed by atoms with E-state index in [4.69, 9.17) is 32.7 Å². The van der Waals surface area contributed by atoms with Gasteiger partial charge in [0.1, 0.15) is 4.84 Å². The van der Waals surface area contributed by atoms with Gasteiger partial charge in [0, 0.05) is 6.20 Å². The number of alkyl halides is 2. The Kier molecular flexibility index (Phi) is 4.91. The quantitative estimate of drug-likeness (QED) is 0.755. The molecule has 1 aromatic heterocycles. The average molecular weight is 251 g/mol. The Morgan fingerprint density at radius 2 is 1.93 bits per heavy atom. The molecule has 15 heavy (non-hydrogen) atoms. The summed E-state index contributed by atoms with van der Waals surface area (Å²) in [5.41, 5.74) is 0.545.